The standard InChI is InChI=1S/C21H17ClN2O3/c1-2-27-21(26)17(14-23)13-15-7-10-18(11-8-15)24-20(25)12-9-16-5-3-4-6-19(16)22/h3-13H,2H2,1H3,(H,24,25)/b12-9+,17-13-. The van der Waals surface area contributed by atoms with Gasteiger partial charge >= 0.3 is 5.97 Å². The van der Waals surface area contributed by atoms with Crippen molar-refractivity contribution in [2.24, 2.45) is 0 Å². The average molecular weight is 381 g/mol. The predicted molar refractivity (Wildman–Crippen MR) is 106 cm³/mol. The van der Waals surface area contributed by atoms with Gasteiger partial charge in [0, 0.05) is 16.8 Å². The molecule has 0 aliphatic rings. The number of nitrogens with zero attached hydrogens (tertiary/aromatic N) is 1. The lowest BCUT2D eigenvalue weighted by Crippen LogP contribution is -2.07. The lowest BCUT2D eigenvalue weighted by molar-refractivity contribution is -0.137. The molecule has 0 heterocycles. The Morgan fingerprint density at radius 3 is 2.52 bits per heavy atom. The summed E-state index contributed by atoms with van der Waals surface area (Å²) in [7, 11) is 0. The van der Waals surface area contributed by atoms with E-state index in [2.05, 4.69) is 5.32 Å². The Kier molecular flexibility index (Phi) is 7.36. The highest BCUT2D eigenvalue weighted by atomic mass is 35.5. The maximum atomic E-state index is 12.0. The van der Waals surface area contributed by atoms with Crippen LogP contribution in [0, 0.1) is 11.3 Å². The number of halogens is 1. The molecule has 1 amide bonds. The van der Waals surface area contributed by atoms with Crippen LogP contribution in [0.2, 0.25) is 5.02 Å². The molecule has 5 nitrogen and oxygen atoms in total. The average Bonchev–Trinajstić information content (AvgIpc) is 2.67. The number of rotatable bonds is 6. The molecular weight excluding hydrogens is 364 g/mol. The van der Waals surface area contributed by atoms with Gasteiger partial charge in [0.25, 0.3) is 0 Å². The topological polar surface area (TPSA) is 79.2 Å². The van der Waals surface area contributed by atoms with Gasteiger partial charge in [-0.3, -0.25) is 4.79 Å². The molecule has 0 unspecified atom stereocenters. The van der Waals surface area contributed by atoms with E-state index in [0.29, 0.717) is 16.3 Å². The molecule has 2 rings (SSSR count). The normalized spacial score (nSPS) is 11.1. The maximum Gasteiger partial charge on any atom is 0.348 e. The molecule has 136 valence electrons. The van der Waals surface area contributed by atoms with E-state index < -0.39 is 5.97 Å². The van der Waals surface area contributed by atoms with Crippen molar-refractivity contribution in [2.75, 3.05) is 11.9 Å². The van der Waals surface area contributed by atoms with Crippen LogP contribution in [-0.2, 0) is 14.3 Å². The van der Waals surface area contributed by atoms with Crippen LogP contribution in [0.3, 0.4) is 0 Å². The molecule has 0 aliphatic carbocycles. The van der Waals surface area contributed by atoms with Crippen LogP contribution in [0.15, 0.2) is 60.2 Å². The van der Waals surface area contributed by atoms with E-state index in [-0.39, 0.29) is 18.1 Å². The highest BCUT2D eigenvalue weighted by Gasteiger charge is 2.09. The van der Waals surface area contributed by atoms with Crippen molar-refractivity contribution in [1.82, 2.24) is 0 Å². The molecule has 0 radical (unpaired) electrons. The lowest BCUT2D eigenvalue weighted by atomic mass is 10.1. The summed E-state index contributed by atoms with van der Waals surface area (Å²) in [5.41, 5.74) is 1.88. The zero-order chi connectivity index (χ0) is 19.6. The lowest BCUT2D eigenvalue weighted by Gasteiger charge is -2.04. The molecule has 0 saturated carbocycles. The van der Waals surface area contributed by atoms with E-state index in [9.17, 15) is 9.59 Å². The molecule has 0 aromatic heterocycles. The number of ether oxygens (including phenoxy) is 1. The van der Waals surface area contributed by atoms with Crippen molar-refractivity contribution in [2.45, 2.75) is 6.92 Å². The zero-order valence-corrected chi connectivity index (χ0v) is 15.4. The molecule has 27 heavy (non-hydrogen) atoms. The molecule has 0 aliphatic heterocycles. The van der Waals surface area contributed by atoms with Crippen LogP contribution in [0.1, 0.15) is 18.1 Å². The Balaban J connectivity index is 2.03. The van der Waals surface area contributed by atoms with E-state index in [0.717, 1.165) is 5.56 Å². The number of benzene rings is 2. The number of amides is 1. The van der Waals surface area contributed by atoms with Gasteiger partial charge in [0.2, 0.25) is 5.91 Å². The van der Waals surface area contributed by atoms with Gasteiger partial charge in [0.1, 0.15) is 11.6 Å². The van der Waals surface area contributed by atoms with E-state index in [1.807, 2.05) is 24.3 Å². The summed E-state index contributed by atoms with van der Waals surface area (Å²) in [6.45, 7) is 1.87. The minimum Gasteiger partial charge on any atom is -0.462 e. The number of hydrogen-bond donors (Lipinski definition) is 1. The second-order valence-corrected chi connectivity index (χ2v) is 5.76. The number of nitrogens with one attached hydrogen (secondary N) is 1. The Morgan fingerprint density at radius 2 is 1.89 bits per heavy atom. The molecule has 0 saturated heterocycles. The Morgan fingerprint density at radius 1 is 1.19 bits per heavy atom. The Bertz CT molecular complexity index is 925. The van der Waals surface area contributed by atoms with Gasteiger partial charge in [0.15, 0.2) is 0 Å². The van der Waals surface area contributed by atoms with Gasteiger partial charge in [0.05, 0.1) is 6.61 Å². The van der Waals surface area contributed by atoms with Gasteiger partial charge < -0.3 is 10.1 Å². The number of anilines is 1. The second kappa shape index (κ2) is 9.95. The summed E-state index contributed by atoms with van der Waals surface area (Å²) < 4.78 is 4.81. The summed E-state index contributed by atoms with van der Waals surface area (Å²) in [4.78, 5) is 23.6. The van der Waals surface area contributed by atoms with Crippen molar-refractivity contribution in [3.8, 4) is 6.07 Å². The van der Waals surface area contributed by atoms with Gasteiger partial charge in [-0.2, -0.15) is 5.26 Å². The van der Waals surface area contributed by atoms with Gasteiger partial charge in [-0.1, -0.05) is 41.9 Å². The fraction of sp³-hybridized carbons (Fsp3) is 0.0952. The third-order valence-corrected chi connectivity index (χ3v) is 3.77. The van der Waals surface area contributed by atoms with E-state index in [4.69, 9.17) is 21.6 Å². The van der Waals surface area contributed by atoms with Crippen molar-refractivity contribution >= 4 is 41.3 Å². The van der Waals surface area contributed by atoms with Gasteiger partial charge in [-0.05, 0) is 48.4 Å². The van der Waals surface area contributed by atoms with Crippen LogP contribution in [-0.4, -0.2) is 18.5 Å². The quantitative estimate of drug-likeness (QED) is 0.455. The first-order chi connectivity index (χ1) is 13.0. The molecule has 0 atom stereocenters. The monoisotopic (exact) mass is 380 g/mol. The molecule has 2 aromatic rings. The number of esters is 1. The summed E-state index contributed by atoms with van der Waals surface area (Å²) in [5, 5.41) is 12.3. The van der Waals surface area contributed by atoms with Crippen molar-refractivity contribution in [3.63, 3.8) is 0 Å². The first-order valence-corrected chi connectivity index (χ1v) is 8.54. The molecule has 1 N–H and O–H groups in total. The van der Waals surface area contributed by atoms with Gasteiger partial charge in [-0.25, -0.2) is 4.79 Å². The van der Waals surface area contributed by atoms with Crippen LogP contribution in [0.5, 0.6) is 0 Å². The van der Waals surface area contributed by atoms with Crippen LogP contribution in [0.4, 0.5) is 5.69 Å². The summed E-state index contributed by atoms with van der Waals surface area (Å²) in [6, 6.07) is 15.7. The van der Waals surface area contributed by atoms with Gasteiger partial charge in [-0.15, -0.1) is 0 Å². The summed E-state index contributed by atoms with van der Waals surface area (Å²) in [5.74, 6) is -0.968. The zero-order valence-electron chi connectivity index (χ0n) is 14.6. The Hall–Kier alpha value is -3.36. The maximum absolute atomic E-state index is 12.0. The highest BCUT2D eigenvalue weighted by molar-refractivity contribution is 6.32. The number of carbonyl (C=O) groups excluding carboxylic acids is 2. The first kappa shape index (κ1) is 20.0. The molecular formula is C21H17ClN2O3. The van der Waals surface area contributed by atoms with E-state index in [1.165, 1.54) is 12.2 Å². The summed E-state index contributed by atoms with van der Waals surface area (Å²) in [6.07, 6.45) is 4.46. The SMILES string of the molecule is CCOC(=O)/C(C#N)=C\c1ccc(NC(=O)/C=C/c2ccccc2Cl)cc1. The molecule has 0 bridgehead atoms. The fourth-order valence-corrected chi connectivity index (χ4v) is 2.33. The third-order valence-electron chi connectivity index (χ3n) is 3.42. The number of nitriles is 1. The predicted octanol–water partition coefficient (Wildman–Crippen LogP) is 4.46. The largest absolute Gasteiger partial charge is 0.462 e. The van der Waals surface area contributed by atoms with Crippen LogP contribution < -0.4 is 5.32 Å². The molecule has 0 spiro atoms. The minimum absolute atomic E-state index is 0.0868. The Labute approximate surface area is 162 Å². The number of hydrogen-bond acceptors (Lipinski definition) is 4. The van der Waals surface area contributed by atoms with Crippen LogP contribution >= 0.6 is 11.6 Å². The van der Waals surface area contributed by atoms with Crippen molar-refractivity contribution in [1.29, 1.82) is 5.26 Å². The van der Waals surface area contributed by atoms with E-state index >= 15 is 0 Å². The number of carbonyl (C=O) groups is 2. The molecule has 2 aromatic carbocycles. The van der Waals surface area contributed by atoms with Crippen molar-refractivity contribution in [3.05, 3.63) is 76.3 Å². The van der Waals surface area contributed by atoms with Crippen molar-refractivity contribution < 1.29 is 14.3 Å². The first-order valence-electron chi connectivity index (χ1n) is 8.16. The molecule has 0 fully saturated rings. The minimum atomic E-state index is -0.665. The van der Waals surface area contributed by atoms with E-state index in [1.54, 1.807) is 43.3 Å². The second-order valence-electron chi connectivity index (χ2n) is 5.36. The van der Waals surface area contributed by atoms with Crippen LogP contribution in [0.25, 0.3) is 12.2 Å². The third kappa shape index (κ3) is 6.14. The smallest absolute Gasteiger partial charge is 0.348 e. The fourth-order valence-electron chi connectivity index (χ4n) is 2.13. The molecule has 6 heteroatoms. The highest BCUT2D eigenvalue weighted by Crippen LogP contribution is 2.17. The summed E-state index contributed by atoms with van der Waals surface area (Å²) >= 11 is 6.04.